The normalized spacial score (nSPS) is 18.9. The summed E-state index contributed by atoms with van der Waals surface area (Å²) in [6.07, 6.45) is 0. The molecule has 2 aliphatic heterocycles. The van der Waals surface area contributed by atoms with E-state index in [0.717, 1.165) is 17.0 Å². The maximum Gasteiger partial charge on any atom is 0.263 e. The van der Waals surface area contributed by atoms with E-state index >= 15 is 0 Å². The molecule has 2 aromatic carbocycles. The van der Waals surface area contributed by atoms with Crippen LogP contribution in [0.3, 0.4) is 0 Å². The van der Waals surface area contributed by atoms with Crippen molar-refractivity contribution in [1.82, 2.24) is 9.80 Å². The molecule has 0 saturated carbocycles. The van der Waals surface area contributed by atoms with Crippen LogP contribution in [0.2, 0.25) is 0 Å². The van der Waals surface area contributed by atoms with Crippen LogP contribution in [-0.2, 0) is 4.79 Å². The molecule has 2 fully saturated rings. The molecule has 0 spiro atoms. The van der Waals surface area contributed by atoms with Gasteiger partial charge in [-0.25, -0.2) is 0 Å². The Bertz CT molecular complexity index is 1310. The quantitative estimate of drug-likeness (QED) is 0.409. The lowest BCUT2D eigenvalue weighted by Gasteiger charge is -2.38. The lowest BCUT2D eigenvalue weighted by Crippen LogP contribution is -2.51. The van der Waals surface area contributed by atoms with Crippen molar-refractivity contribution in [3.63, 3.8) is 0 Å². The molecule has 212 valence electrons. The predicted molar refractivity (Wildman–Crippen MR) is 154 cm³/mol. The van der Waals surface area contributed by atoms with Gasteiger partial charge in [-0.3, -0.25) is 9.59 Å². The highest BCUT2D eigenvalue weighted by Crippen LogP contribution is 2.44. The minimum atomic E-state index is -0.399. The number of piperazine rings is 1. The smallest absolute Gasteiger partial charge is 0.263 e. The highest BCUT2D eigenvalue weighted by Gasteiger charge is 2.43. The number of hydrogen-bond acceptors (Lipinski definition) is 8. The molecule has 3 heterocycles. The Labute approximate surface area is 238 Å². The molecule has 0 bridgehead atoms. The minimum absolute atomic E-state index is 0.0521. The van der Waals surface area contributed by atoms with Gasteiger partial charge in [-0.1, -0.05) is 18.2 Å². The Morgan fingerprint density at radius 1 is 0.775 bits per heavy atom. The van der Waals surface area contributed by atoms with Crippen molar-refractivity contribution in [2.75, 3.05) is 72.6 Å². The fourth-order valence-electron chi connectivity index (χ4n) is 5.72. The number of amides is 2. The lowest BCUT2D eigenvalue weighted by molar-refractivity contribution is -0.135. The lowest BCUT2D eigenvalue weighted by atomic mass is 9.87. The fourth-order valence-corrected chi connectivity index (χ4v) is 6.41. The number of para-hydroxylation sites is 2. The van der Waals surface area contributed by atoms with Gasteiger partial charge in [0.05, 0.1) is 44.9 Å². The molecule has 2 atom stereocenters. The van der Waals surface area contributed by atoms with E-state index in [1.807, 2.05) is 58.8 Å². The molecule has 0 unspecified atom stereocenters. The van der Waals surface area contributed by atoms with Crippen molar-refractivity contribution in [3.8, 4) is 23.0 Å². The van der Waals surface area contributed by atoms with Gasteiger partial charge in [-0.15, -0.1) is 11.3 Å². The van der Waals surface area contributed by atoms with Gasteiger partial charge in [0.15, 0.2) is 11.5 Å². The highest BCUT2D eigenvalue weighted by molar-refractivity contribution is 7.12. The van der Waals surface area contributed by atoms with Crippen molar-refractivity contribution >= 4 is 28.8 Å². The molecular weight excluding hydrogens is 530 g/mol. The van der Waals surface area contributed by atoms with Crippen LogP contribution in [0.25, 0.3) is 0 Å². The SMILES string of the molecule is COc1ccccc1N1CCN(C(=O)[C@@H]2CN(C(=O)c3cccs3)C[C@@H]2c2cc(OC)c(OC)c(OC)c2)CC1. The molecule has 2 saturated heterocycles. The largest absolute Gasteiger partial charge is 0.495 e. The first kappa shape index (κ1) is 27.6. The van der Waals surface area contributed by atoms with E-state index in [-0.39, 0.29) is 17.7 Å². The van der Waals surface area contributed by atoms with Crippen LogP contribution >= 0.6 is 11.3 Å². The van der Waals surface area contributed by atoms with Crippen molar-refractivity contribution in [2.24, 2.45) is 5.92 Å². The molecular formula is C30H35N3O6S. The summed E-state index contributed by atoms with van der Waals surface area (Å²) in [7, 11) is 6.39. The zero-order chi connectivity index (χ0) is 28.2. The molecule has 1 aromatic heterocycles. The van der Waals surface area contributed by atoms with Crippen LogP contribution in [0.15, 0.2) is 53.9 Å². The molecule has 0 N–H and O–H groups in total. The maximum absolute atomic E-state index is 14.1. The number of hydrogen-bond donors (Lipinski definition) is 0. The highest BCUT2D eigenvalue weighted by atomic mass is 32.1. The Balaban J connectivity index is 1.40. The van der Waals surface area contributed by atoms with Crippen LogP contribution in [-0.4, -0.2) is 89.3 Å². The van der Waals surface area contributed by atoms with E-state index < -0.39 is 5.92 Å². The molecule has 2 aliphatic rings. The molecule has 9 nitrogen and oxygen atoms in total. The van der Waals surface area contributed by atoms with Crippen LogP contribution in [0.4, 0.5) is 5.69 Å². The Kier molecular flexibility index (Phi) is 8.35. The number of thiophene rings is 1. The number of anilines is 1. The fraction of sp³-hybridized carbons (Fsp3) is 0.400. The van der Waals surface area contributed by atoms with Crippen molar-refractivity contribution in [3.05, 3.63) is 64.4 Å². The molecule has 2 amide bonds. The van der Waals surface area contributed by atoms with E-state index in [9.17, 15) is 9.59 Å². The minimum Gasteiger partial charge on any atom is -0.495 e. The van der Waals surface area contributed by atoms with Crippen LogP contribution < -0.4 is 23.8 Å². The second-order valence-electron chi connectivity index (χ2n) is 9.84. The first-order chi connectivity index (χ1) is 19.5. The number of benzene rings is 2. The first-order valence-corrected chi connectivity index (χ1v) is 14.2. The number of ether oxygens (including phenoxy) is 4. The standard InChI is InChI=1S/C30H35N3O6S/c1-36-24-9-6-5-8-23(24)31-11-13-32(14-12-31)29(34)22-19-33(30(35)27-10-7-15-40-27)18-21(22)20-16-25(37-2)28(39-4)26(17-20)38-3/h5-10,15-17,21-22H,11-14,18-19H2,1-4H3/t21-,22-/m1/s1. The number of nitrogens with zero attached hydrogens (tertiary/aromatic N) is 3. The van der Waals surface area contributed by atoms with Gasteiger partial charge in [0, 0.05) is 45.2 Å². The van der Waals surface area contributed by atoms with Gasteiger partial charge < -0.3 is 33.6 Å². The van der Waals surface area contributed by atoms with Gasteiger partial charge in [-0.05, 0) is 41.3 Å². The molecule has 5 rings (SSSR count). The summed E-state index contributed by atoms with van der Waals surface area (Å²) < 4.78 is 22.3. The number of likely N-dealkylation sites (tertiary alicyclic amines) is 1. The molecule has 10 heteroatoms. The third-order valence-electron chi connectivity index (χ3n) is 7.79. The maximum atomic E-state index is 14.1. The van der Waals surface area contributed by atoms with Crippen molar-refractivity contribution in [2.45, 2.75) is 5.92 Å². The Morgan fingerprint density at radius 3 is 2.05 bits per heavy atom. The summed E-state index contributed by atoms with van der Waals surface area (Å²) in [5.74, 6) is 1.75. The summed E-state index contributed by atoms with van der Waals surface area (Å²) in [5, 5.41) is 1.89. The third-order valence-corrected chi connectivity index (χ3v) is 8.65. The first-order valence-electron chi connectivity index (χ1n) is 13.3. The van der Waals surface area contributed by atoms with Crippen molar-refractivity contribution < 1.29 is 28.5 Å². The van der Waals surface area contributed by atoms with E-state index in [4.69, 9.17) is 18.9 Å². The summed E-state index contributed by atoms with van der Waals surface area (Å²) >= 11 is 1.41. The number of carbonyl (C=O) groups is 2. The summed E-state index contributed by atoms with van der Waals surface area (Å²) in [6, 6.07) is 15.4. The van der Waals surface area contributed by atoms with E-state index in [1.54, 1.807) is 33.3 Å². The average Bonchev–Trinajstić information content (AvgIpc) is 3.71. The van der Waals surface area contributed by atoms with Gasteiger partial charge in [-0.2, -0.15) is 0 Å². The van der Waals surface area contributed by atoms with Gasteiger partial charge >= 0.3 is 0 Å². The molecule has 40 heavy (non-hydrogen) atoms. The Hall–Kier alpha value is -3.92. The van der Waals surface area contributed by atoms with E-state index in [0.29, 0.717) is 61.4 Å². The van der Waals surface area contributed by atoms with Gasteiger partial charge in [0.25, 0.3) is 5.91 Å². The van der Waals surface area contributed by atoms with Crippen LogP contribution in [0.1, 0.15) is 21.2 Å². The summed E-state index contributed by atoms with van der Waals surface area (Å²) in [4.78, 5) is 34.1. The second kappa shape index (κ2) is 12.1. The van der Waals surface area contributed by atoms with Gasteiger partial charge in [0.2, 0.25) is 11.7 Å². The average molecular weight is 566 g/mol. The van der Waals surface area contributed by atoms with E-state index in [2.05, 4.69) is 4.90 Å². The molecule has 0 radical (unpaired) electrons. The summed E-state index contributed by atoms with van der Waals surface area (Å²) in [5.41, 5.74) is 1.91. The topological polar surface area (TPSA) is 80.8 Å². The monoisotopic (exact) mass is 565 g/mol. The molecule has 3 aromatic rings. The van der Waals surface area contributed by atoms with Gasteiger partial charge in [0.1, 0.15) is 5.75 Å². The number of methoxy groups -OCH3 is 4. The molecule has 0 aliphatic carbocycles. The Morgan fingerprint density at radius 2 is 1.45 bits per heavy atom. The number of rotatable bonds is 8. The number of carbonyl (C=O) groups excluding carboxylic acids is 2. The second-order valence-corrected chi connectivity index (χ2v) is 10.8. The van der Waals surface area contributed by atoms with Crippen molar-refractivity contribution in [1.29, 1.82) is 0 Å². The summed E-state index contributed by atoms with van der Waals surface area (Å²) in [6.45, 7) is 3.36. The predicted octanol–water partition coefficient (Wildman–Crippen LogP) is 3.99. The zero-order valence-electron chi connectivity index (χ0n) is 23.3. The van der Waals surface area contributed by atoms with Crippen LogP contribution in [0, 0.1) is 5.92 Å². The zero-order valence-corrected chi connectivity index (χ0v) is 24.1. The van der Waals surface area contributed by atoms with E-state index in [1.165, 1.54) is 11.3 Å². The third kappa shape index (κ3) is 5.28. The van der Waals surface area contributed by atoms with Crippen LogP contribution in [0.5, 0.6) is 23.0 Å².